The van der Waals surface area contributed by atoms with Crippen LogP contribution < -0.4 is 4.74 Å². The summed E-state index contributed by atoms with van der Waals surface area (Å²) in [5.41, 5.74) is 0. The second kappa shape index (κ2) is 7.55. The van der Waals surface area contributed by atoms with E-state index in [0.29, 0.717) is 46.3 Å². The van der Waals surface area contributed by atoms with E-state index in [1.54, 1.807) is 36.4 Å². The molecule has 0 saturated carbocycles. The zero-order chi connectivity index (χ0) is 16.9. The molecule has 0 spiro atoms. The molecule has 3 rings (SSSR count). The molecule has 0 aliphatic heterocycles. The van der Waals surface area contributed by atoms with Gasteiger partial charge in [-0.05, 0) is 55.1 Å². The fraction of sp³-hybridized carbons (Fsp3) is 0.188. The highest BCUT2D eigenvalue weighted by atomic mass is 35.5. The number of benzene rings is 1. The van der Waals surface area contributed by atoms with Crippen LogP contribution in [0.5, 0.6) is 5.75 Å². The summed E-state index contributed by atoms with van der Waals surface area (Å²) in [5.74, 6) is 1.70. The Labute approximate surface area is 147 Å². The fourth-order valence-electron chi connectivity index (χ4n) is 2.04. The Kier molecular flexibility index (Phi) is 5.22. The molecule has 0 bridgehead atoms. The van der Waals surface area contributed by atoms with Gasteiger partial charge in [0, 0.05) is 11.6 Å². The monoisotopic (exact) mass is 363 g/mol. The second-order valence-corrected chi connectivity index (χ2v) is 6.17. The Bertz CT molecular complexity index is 829. The minimum atomic E-state index is 0.284. The van der Waals surface area contributed by atoms with Gasteiger partial charge in [0.2, 0.25) is 0 Å². The molecule has 6 nitrogen and oxygen atoms in total. The summed E-state index contributed by atoms with van der Waals surface area (Å²) in [6, 6.07) is 10.5. The lowest BCUT2D eigenvalue weighted by Crippen LogP contribution is -2.06. The summed E-state index contributed by atoms with van der Waals surface area (Å²) in [6.45, 7) is 2.98. The van der Waals surface area contributed by atoms with Gasteiger partial charge in [0.25, 0.3) is 0 Å². The van der Waals surface area contributed by atoms with E-state index in [0.717, 1.165) is 0 Å². The van der Waals surface area contributed by atoms with Crippen molar-refractivity contribution in [3.8, 4) is 5.75 Å². The normalized spacial score (nSPS) is 10.8. The van der Waals surface area contributed by atoms with E-state index in [1.165, 1.54) is 11.8 Å². The van der Waals surface area contributed by atoms with Crippen molar-refractivity contribution in [3.63, 3.8) is 0 Å². The van der Waals surface area contributed by atoms with E-state index >= 15 is 0 Å². The third-order valence-corrected chi connectivity index (χ3v) is 4.36. The molecular formula is C16H14ClN3O3S. The van der Waals surface area contributed by atoms with E-state index in [-0.39, 0.29) is 5.76 Å². The molecule has 0 N–H and O–H groups in total. The van der Waals surface area contributed by atoms with Crippen molar-refractivity contribution in [2.24, 2.45) is 0 Å². The maximum atomic E-state index is 10.7. The van der Waals surface area contributed by atoms with Gasteiger partial charge in [-0.3, -0.25) is 4.79 Å². The van der Waals surface area contributed by atoms with Crippen molar-refractivity contribution in [2.75, 3.05) is 0 Å². The van der Waals surface area contributed by atoms with Crippen LogP contribution >= 0.6 is 23.4 Å². The molecule has 124 valence electrons. The van der Waals surface area contributed by atoms with Crippen LogP contribution in [0.15, 0.2) is 51.1 Å². The van der Waals surface area contributed by atoms with Crippen molar-refractivity contribution >= 4 is 29.6 Å². The number of ether oxygens (including phenoxy) is 1. The van der Waals surface area contributed by atoms with Crippen LogP contribution in [0.4, 0.5) is 0 Å². The van der Waals surface area contributed by atoms with Crippen molar-refractivity contribution in [3.05, 3.63) is 53.0 Å². The third kappa shape index (κ3) is 3.80. The van der Waals surface area contributed by atoms with Crippen molar-refractivity contribution in [1.82, 2.24) is 14.8 Å². The van der Waals surface area contributed by atoms with Crippen LogP contribution in [0.3, 0.4) is 0 Å². The van der Waals surface area contributed by atoms with Crippen molar-refractivity contribution in [1.29, 1.82) is 0 Å². The summed E-state index contributed by atoms with van der Waals surface area (Å²) in [6.07, 6.45) is 0.667. The van der Waals surface area contributed by atoms with Gasteiger partial charge in [0.05, 0.1) is 0 Å². The summed E-state index contributed by atoms with van der Waals surface area (Å²) >= 11 is 7.16. The largest absolute Gasteiger partial charge is 0.486 e. The van der Waals surface area contributed by atoms with Gasteiger partial charge in [-0.1, -0.05) is 11.6 Å². The van der Waals surface area contributed by atoms with Crippen molar-refractivity contribution < 1.29 is 13.9 Å². The first kappa shape index (κ1) is 16.6. The van der Waals surface area contributed by atoms with Crippen LogP contribution in [-0.2, 0) is 13.2 Å². The molecule has 0 fully saturated rings. The molecule has 1 aromatic carbocycles. The number of carbonyl (C=O) groups excluding carboxylic acids is 1. The molecule has 0 radical (unpaired) electrons. The summed E-state index contributed by atoms with van der Waals surface area (Å²) in [5, 5.41) is 10.3. The smallest absolute Gasteiger partial charge is 0.199 e. The van der Waals surface area contributed by atoms with Gasteiger partial charge < -0.3 is 13.7 Å². The maximum Gasteiger partial charge on any atom is 0.199 e. The highest BCUT2D eigenvalue weighted by Crippen LogP contribution is 2.28. The first-order valence-corrected chi connectivity index (χ1v) is 8.42. The molecule has 0 aliphatic carbocycles. The number of aromatic nitrogens is 3. The third-order valence-electron chi connectivity index (χ3n) is 3.20. The minimum absolute atomic E-state index is 0.284. The number of nitrogens with zero attached hydrogens (tertiary/aromatic N) is 3. The molecule has 2 aromatic heterocycles. The van der Waals surface area contributed by atoms with Crippen molar-refractivity contribution in [2.45, 2.75) is 30.3 Å². The van der Waals surface area contributed by atoms with Crippen LogP contribution in [0.2, 0.25) is 5.02 Å². The number of furan rings is 1. The van der Waals surface area contributed by atoms with Crippen LogP contribution in [0, 0.1) is 0 Å². The predicted molar refractivity (Wildman–Crippen MR) is 89.7 cm³/mol. The lowest BCUT2D eigenvalue weighted by atomic mass is 10.3. The Morgan fingerprint density at radius 3 is 2.71 bits per heavy atom. The molecule has 0 amide bonds. The minimum Gasteiger partial charge on any atom is -0.486 e. The van der Waals surface area contributed by atoms with E-state index < -0.39 is 0 Å². The number of hydrogen-bond donors (Lipinski definition) is 0. The zero-order valence-corrected chi connectivity index (χ0v) is 14.4. The van der Waals surface area contributed by atoms with Gasteiger partial charge in [-0.15, -0.1) is 10.2 Å². The van der Waals surface area contributed by atoms with Gasteiger partial charge >= 0.3 is 0 Å². The molecule has 0 atom stereocenters. The number of halogens is 1. The molecule has 8 heteroatoms. The quantitative estimate of drug-likeness (QED) is 0.589. The van der Waals surface area contributed by atoms with Crippen LogP contribution in [0.1, 0.15) is 23.3 Å². The molecular weight excluding hydrogens is 350 g/mol. The first-order valence-electron chi connectivity index (χ1n) is 7.23. The molecule has 2 heterocycles. The maximum absolute atomic E-state index is 10.7. The topological polar surface area (TPSA) is 70.2 Å². The Morgan fingerprint density at radius 2 is 2.04 bits per heavy atom. The number of aldehydes is 1. The van der Waals surface area contributed by atoms with Gasteiger partial charge in [-0.2, -0.15) is 0 Å². The van der Waals surface area contributed by atoms with E-state index in [2.05, 4.69) is 10.2 Å². The molecule has 24 heavy (non-hydrogen) atoms. The Morgan fingerprint density at radius 1 is 1.25 bits per heavy atom. The lowest BCUT2D eigenvalue weighted by Gasteiger charge is -2.08. The van der Waals surface area contributed by atoms with Gasteiger partial charge in [0.1, 0.15) is 12.4 Å². The summed E-state index contributed by atoms with van der Waals surface area (Å²) < 4.78 is 13.0. The van der Waals surface area contributed by atoms with Crippen LogP contribution in [0.25, 0.3) is 0 Å². The second-order valence-electron chi connectivity index (χ2n) is 4.76. The Hall–Kier alpha value is -2.25. The highest BCUT2D eigenvalue weighted by Gasteiger charge is 2.14. The molecule has 0 unspecified atom stereocenters. The fourth-order valence-corrected chi connectivity index (χ4v) is 3.05. The average Bonchev–Trinajstić information content (AvgIpc) is 3.21. The van der Waals surface area contributed by atoms with E-state index in [4.69, 9.17) is 20.8 Å². The predicted octanol–water partition coefficient (Wildman–Crippen LogP) is 4.09. The molecule has 0 aliphatic rings. The van der Waals surface area contributed by atoms with Gasteiger partial charge in [0.15, 0.2) is 28.1 Å². The number of rotatable bonds is 7. The average molecular weight is 364 g/mol. The SMILES string of the molecule is CCn1c(COc2ccc(Cl)cc2)nnc1Sc1ccc(C=O)o1. The Balaban J connectivity index is 1.71. The first-order chi connectivity index (χ1) is 11.7. The number of carbonyl (C=O) groups is 1. The van der Waals surface area contributed by atoms with Crippen LogP contribution in [-0.4, -0.2) is 21.1 Å². The molecule has 3 aromatic rings. The summed E-state index contributed by atoms with van der Waals surface area (Å²) in [4.78, 5) is 10.7. The zero-order valence-electron chi connectivity index (χ0n) is 12.8. The lowest BCUT2D eigenvalue weighted by molar-refractivity contribution is 0.109. The van der Waals surface area contributed by atoms with Gasteiger partial charge in [-0.25, -0.2) is 0 Å². The number of hydrogen-bond acceptors (Lipinski definition) is 6. The molecule has 0 saturated heterocycles. The highest BCUT2D eigenvalue weighted by molar-refractivity contribution is 7.99. The standard InChI is InChI=1S/C16H14ClN3O3S/c1-2-20-14(10-22-12-5-3-11(17)4-6-12)18-19-16(20)24-15-8-7-13(9-21)23-15/h3-9H,2,10H2,1H3. The van der Waals surface area contributed by atoms with E-state index in [9.17, 15) is 4.79 Å². The summed E-state index contributed by atoms with van der Waals surface area (Å²) in [7, 11) is 0. The van der Waals surface area contributed by atoms with E-state index in [1.807, 2.05) is 11.5 Å².